The molecule has 0 aromatic heterocycles. The van der Waals surface area contributed by atoms with Crippen molar-refractivity contribution < 1.29 is 10.0 Å². The van der Waals surface area contributed by atoms with Gasteiger partial charge in [-0.3, -0.25) is 4.79 Å². The molecule has 0 heterocycles. The molecule has 0 fully saturated rings. The molecule has 0 unspecified atom stereocenters. The lowest BCUT2D eigenvalue weighted by Crippen LogP contribution is -2.15. The van der Waals surface area contributed by atoms with Gasteiger partial charge < -0.3 is 5.21 Å². The molecule has 3 heteroatoms. The van der Waals surface area contributed by atoms with E-state index in [1.807, 2.05) is 13.8 Å². The van der Waals surface area contributed by atoms with Gasteiger partial charge in [0.1, 0.15) is 5.71 Å². The molecule has 0 aliphatic carbocycles. The molecule has 0 radical (unpaired) electrons. The smallest absolute Gasteiger partial charge is 0.180 e. The Labute approximate surface area is 67.1 Å². The summed E-state index contributed by atoms with van der Waals surface area (Å²) in [5.41, 5.74) is 0.277. The van der Waals surface area contributed by atoms with Gasteiger partial charge in [0.05, 0.1) is 0 Å². The summed E-state index contributed by atoms with van der Waals surface area (Å²) < 4.78 is 0. The first-order valence-electron chi connectivity index (χ1n) is 3.85. The Kier molecular flexibility index (Phi) is 4.50. The van der Waals surface area contributed by atoms with Crippen molar-refractivity contribution in [1.82, 2.24) is 0 Å². The van der Waals surface area contributed by atoms with Crippen molar-refractivity contribution in [3.05, 3.63) is 0 Å². The number of hydrogen-bond donors (Lipinski definition) is 1. The third-order valence-corrected chi connectivity index (χ3v) is 1.37. The van der Waals surface area contributed by atoms with E-state index in [-0.39, 0.29) is 11.5 Å². The third kappa shape index (κ3) is 3.75. The van der Waals surface area contributed by atoms with Gasteiger partial charge in [-0.25, -0.2) is 0 Å². The van der Waals surface area contributed by atoms with E-state index in [1.165, 1.54) is 0 Å². The zero-order chi connectivity index (χ0) is 8.85. The molecule has 0 atom stereocenters. The van der Waals surface area contributed by atoms with Crippen LogP contribution in [0.1, 0.15) is 33.6 Å². The van der Waals surface area contributed by atoms with Crippen LogP contribution in [0, 0.1) is 5.92 Å². The van der Waals surface area contributed by atoms with E-state index >= 15 is 0 Å². The molecule has 0 aromatic carbocycles. The highest BCUT2D eigenvalue weighted by molar-refractivity contribution is 6.39. The molecule has 0 aliphatic heterocycles. The summed E-state index contributed by atoms with van der Waals surface area (Å²) >= 11 is 0. The standard InChI is InChI=1S/C8H15NO2/c1-4-7(9-11)8(10)5-6(2)3/h6,11H,4-5H2,1-3H3/b9-7+. The molecule has 0 aromatic rings. The molecule has 0 amide bonds. The lowest BCUT2D eigenvalue weighted by Gasteiger charge is -2.02. The minimum Gasteiger partial charge on any atom is -0.411 e. The summed E-state index contributed by atoms with van der Waals surface area (Å²) in [6.45, 7) is 5.72. The summed E-state index contributed by atoms with van der Waals surface area (Å²) in [6.07, 6.45) is 0.968. The zero-order valence-electron chi connectivity index (χ0n) is 7.29. The number of carbonyl (C=O) groups is 1. The van der Waals surface area contributed by atoms with Crippen LogP contribution in [0.2, 0.25) is 0 Å². The summed E-state index contributed by atoms with van der Waals surface area (Å²) in [6, 6.07) is 0. The Morgan fingerprint density at radius 3 is 2.36 bits per heavy atom. The molecule has 0 saturated heterocycles. The maximum Gasteiger partial charge on any atom is 0.180 e. The lowest BCUT2D eigenvalue weighted by atomic mass is 10.0. The number of rotatable bonds is 4. The first kappa shape index (κ1) is 10.1. The summed E-state index contributed by atoms with van der Waals surface area (Å²) in [5.74, 6) is 0.274. The van der Waals surface area contributed by atoms with Crippen LogP contribution in [0.5, 0.6) is 0 Å². The van der Waals surface area contributed by atoms with E-state index in [4.69, 9.17) is 5.21 Å². The van der Waals surface area contributed by atoms with Gasteiger partial charge in [0.2, 0.25) is 0 Å². The van der Waals surface area contributed by atoms with Crippen molar-refractivity contribution in [1.29, 1.82) is 0 Å². The molecule has 1 N–H and O–H groups in total. The van der Waals surface area contributed by atoms with E-state index in [9.17, 15) is 4.79 Å². The maximum absolute atomic E-state index is 11.1. The number of hydrogen-bond acceptors (Lipinski definition) is 3. The lowest BCUT2D eigenvalue weighted by molar-refractivity contribution is -0.113. The molecule has 64 valence electrons. The van der Waals surface area contributed by atoms with Gasteiger partial charge in [-0.15, -0.1) is 0 Å². The van der Waals surface area contributed by atoms with Crippen LogP contribution in [0.15, 0.2) is 5.16 Å². The van der Waals surface area contributed by atoms with E-state index in [1.54, 1.807) is 6.92 Å². The van der Waals surface area contributed by atoms with Crippen LogP contribution in [0.25, 0.3) is 0 Å². The van der Waals surface area contributed by atoms with Gasteiger partial charge in [0.15, 0.2) is 5.78 Å². The molecular weight excluding hydrogens is 142 g/mol. The maximum atomic E-state index is 11.1. The average molecular weight is 157 g/mol. The predicted octanol–water partition coefficient (Wildman–Crippen LogP) is 1.84. The molecular formula is C8H15NO2. The Bertz CT molecular complexity index is 161. The highest BCUT2D eigenvalue weighted by Crippen LogP contribution is 2.02. The summed E-state index contributed by atoms with van der Waals surface area (Å²) in [7, 11) is 0. The third-order valence-electron chi connectivity index (χ3n) is 1.37. The Hall–Kier alpha value is -0.860. The molecule has 3 nitrogen and oxygen atoms in total. The van der Waals surface area contributed by atoms with Gasteiger partial charge in [-0.05, 0) is 12.3 Å². The van der Waals surface area contributed by atoms with E-state index in [0.29, 0.717) is 18.8 Å². The zero-order valence-corrected chi connectivity index (χ0v) is 7.29. The minimum atomic E-state index is -0.0509. The fraction of sp³-hybridized carbons (Fsp3) is 0.750. The van der Waals surface area contributed by atoms with E-state index < -0.39 is 0 Å². The Balaban J connectivity index is 4.02. The summed E-state index contributed by atoms with van der Waals surface area (Å²) in [4.78, 5) is 11.1. The Morgan fingerprint density at radius 2 is 2.09 bits per heavy atom. The van der Waals surface area contributed by atoms with Crippen molar-refractivity contribution in [2.24, 2.45) is 11.1 Å². The van der Waals surface area contributed by atoms with Crippen LogP contribution in [-0.2, 0) is 4.79 Å². The highest BCUT2D eigenvalue weighted by atomic mass is 16.4. The predicted molar refractivity (Wildman–Crippen MR) is 44.0 cm³/mol. The molecule has 0 aliphatic rings. The van der Waals surface area contributed by atoms with Crippen molar-refractivity contribution in [2.45, 2.75) is 33.6 Å². The minimum absolute atomic E-state index is 0.0509. The van der Waals surface area contributed by atoms with Crippen molar-refractivity contribution >= 4 is 11.5 Å². The van der Waals surface area contributed by atoms with Crippen molar-refractivity contribution in [3.63, 3.8) is 0 Å². The van der Waals surface area contributed by atoms with Gasteiger partial charge >= 0.3 is 0 Å². The number of oxime groups is 1. The number of carbonyl (C=O) groups excluding carboxylic acids is 1. The number of nitrogens with zero attached hydrogens (tertiary/aromatic N) is 1. The molecule has 0 saturated carbocycles. The average Bonchev–Trinajstić information content (AvgIpc) is 1.88. The van der Waals surface area contributed by atoms with Crippen molar-refractivity contribution in [3.8, 4) is 0 Å². The fourth-order valence-electron chi connectivity index (χ4n) is 0.812. The van der Waals surface area contributed by atoms with Crippen LogP contribution in [0.3, 0.4) is 0 Å². The fourth-order valence-corrected chi connectivity index (χ4v) is 0.812. The Morgan fingerprint density at radius 1 is 1.55 bits per heavy atom. The monoisotopic (exact) mass is 157 g/mol. The van der Waals surface area contributed by atoms with Gasteiger partial charge in [0, 0.05) is 6.42 Å². The largest absolute Gasteiger partial charge is 0.411 e. The number of ketones is 1. The molecule has 0 spiro atoms. The molecule has 0 rings (SSSR count). The highest BCUT2D eigenvalue weighted by Gasteiger charge is 2.10. The second-order valence-electron chi connectivity index (χ2n) is 2.92. The van der Waals surface area contributed by atoms with Crippen LogP contribution in [-0.4, -0.2) is 16.7 Å². The quantitative estimate of drug-likeness (QED) is 0.384. The SMILES string of the molecule is CC/C(=N\O)C(=O)CC(C)C. The first-order chi connectivity index (χ1) is 5.11. The summed E-state index contributed by atoms with van der Waals surface area (Å²) in [5, 5.41) is 11.3. The normalized spacial score (nSPS) is 12.2. The molecule has 11 heavy (non-hydrogen) atoms. The van der Waals surface area contributed by atoms with Gasteiger partial charge in [-0.1, -0.05) is 25.9 Å². The van der Waals surface area contributed by atoms with Gasteiger partial charge in [-0.2, -0.15) is 0 Å². The van der Waals surface area contributed by atoms with Crippen LogP contribution in [0.4, 0.5) is 0 Å². The second kappa shape index (κ2) is 4.88. The van der Waals surface area contributed by atoms with E-state index in [2.05, 4.69) is 5.16 Å². The first-order valence-corrected chi connectivity index (χ1v) is 3.85. The number of Topliss-reactive ketones (excluding diaryl/α,β-unsaturated/α-hetero) is 1. The van der Waals surface area contributed by atoms with Crippen molar-refractivity contribution in [2.75, 3.05) is 0 Å². The van der Waals surface area contributed by atoms with Crippen LogP contribution >= 0.6 is 0 Å². The molecule has 0 bridgehead atoms. The van der Waals surface area contributed by atoms with Crippen LogP contribution < -0.4 is 0 Å². The van der Waals surface area contributed by atoms with E-state index in [0.717, 1.165) is 0 Å². The second-order valence-corrected chi connectivity index (χ2v) is 2.92. The topological polar surface area (TPSA) is 49.7 Å². The van der Waals surface area contributed by atoms with Gasteiger partial charge in [0.25, 0.3) is 0 Å².